The zero-order valence-electron chi connectivity index (χ0n) is 17.6. The van der Waals surface area contributed by atoms with Gasteiger partial charge in [0.1, 0.15) is 5.82 Å². The summed E-state index contributed by atoms with van der Waals surface area (Å²) >= 11 is 0. The molecule has 7 nitrogen and oxygen atoms in total. The van der Waals surface area contributed by atoms with Gasteiger partial charge in [-0.05, 0) is 48.8 Å². The highest BCUT2D eigenvalue weighted by Crippen LogP contribution is 2.28. The van der Waals surface area contributed by atoms with E-state index < -0.39 is 0 Å². The summed E-state index contributed by atoms with van der Waals surface area (Å²) in [6.07, 6.45) is 8.85. The number of pyridine rings is 1. The van der Waals surface area contributed by atoms with Crippen molar-refractivity contribution in [2.75, 3.05) is 43.5 Å². The van der Waals surface area contributed by atoms with Crippen LogP contribution < -0.4 is 15.1 Å². The van der Waals surface area contributed by atoms with Gasteiger partial charge in [0, 0.05) is 58.2 Å². The molecule has 2 aromatic heterocycles. The van der Waals surface area contributed by atoms with Crippen LogP contribution in [0.2, 0.25) is 0 Å². The molecule has 1 amide bonds. The van der Waals surface area contributed by atoms with Gasteiger partial charge in [-0.15, -0.1) is 0 Å². The molecule has 2 aromatic rings. The van der Waals surface area contributed by atoms with Gasteiger partial charge in [0.15, 0.2) is 0 Å². The van der Waals surface area contributed by atoms with Crippen molar-refractivity contribution < 1.29 is 4.79 Å². The Balaban J connectivity index is 1.54. The molecule has 29 heavy (non-hydrogen) atoms. The number of amides is 1. The lowest BCUT2D eigenvalue weighted by molar-refractivity contribution is 0.0952. The lowest BCUT2D eigenvalue weighted by Crippen LogP contribution is -2.28. The minimum atomic E-state index is -0.0181. The third kappa shape index (κ3) is 4.49. The van der Waals surface area contributed by atoms with Crippen molar-refractivity contribution in [1.82, 2.24) is 20.3 Å². The molecule has 2 aliphatic rings. The SMILES string of the molecule is CCc1cnc(N2CCc3cc(C(=O)NCC4CC4)c(N(C)C)nc3CC2)nc1. The fourth-order valence-electron chi connectivity index (χ4n) is 3.68. The molecular weight excluding hydrogens is 364 g/mol. The number of aromatic nitrogens is 3. The first-order valence-corrected chi connectivity index (χ1v) is 10.6. The average Bonchev–Trinajstić information content (AvgIpc) is 3.57. The van der Waals surface area contributed by atoms with Crippen LogP contribution in [0.5, 0.6) is 0 Å². The summed E-state index contributed by atoms with van der Waals surface area (Å²) in [4.78, 5) is 30.9. The van der Waals surface area contributed by atoms with Crippen molar-refractivity contribution >= 4 is 17.7 Å². The highest BCUT2D eigenvalue weighted by molar-refractivity contribution is 5.99. The Bertz CT molecular complexity index is 876. The Hall–Kier alpha value is -2.70. The van der Waals surface area contributed by atoms with Crippen LogP contribution in [0.1, 0.15) is 46.9 Å². The van der Waals surface area contributed by atoms with Gasteiger partial charge in [0.25, 0.3) is 5.91 Å². The van der Waals surface area contributed by atoms with Crippen molar-refractivity contribution in [3.8, 4) is 0 Å². The molecule has 0 radical (unpaired) electrons. The summed E-state index contributed by atoms with van der Waals surface area (Å²) < 4.78 is 0. The first kappa shape index (κ1) is 19.6. The Morgan fingerprint density at radius 3 is 2.59 bits per heavy atom. The van der Waals surface area contributed by atoms with Crippen LogP contribution in [0.4, 0.5) is 11.8 Å². The number of carbonyl (C=O) groups excluding carboxylic acids is 1. The Morgan fingerprint density at radius 2 is 1.93 bits per heavy atom. The molecule has 0 atom stereocenters. The predicted molar refractivity (Wildman–Crippen MR) is 115 cm³/mol. The molecule has 7 heteroatoms. The van der Waals surface area contributed by atoms with Gasteiger partial charge in [-0.1, -0.05) is 6.92 Å². The van der Waals surface area contributed by atoms with Crippen molar-refractivity contribution in [3.63, 3.8) is 0 Å². The first-order chi connectivity index (χ1) is 14.0. The van der Waals surface area contributed by atoms with E-state index in [4.69, 9.17) is 4.98 Å². The second-order valence-corrected chi connectivity index (χ2v) is 8.25. The van der Waals surface area contributed by atoms with E-state index in [-0.39, 0.29) is 5.91 Å². The van der Waals surface area contributed by atoms with E-state index >= 15 is 0 Å². The minimum absolute atomic E-state index is 0.0181. The van der Waals surface area contributed by atoms with Gasteiger partial charge in [-0.25, -0.2) is 15.0 Å². The number of hydrogen-bond acceptors (Lipinski definition) is 6. The van der Waals surface area contributed by atoms with Crippen molar-refractivity contribution in [3.05, 3.63) is 40.8 Å². The molecule has 154 valence electrons. The second kappa shape index (κ2) is 8.35. The third-order valence-electron chi connectivity index (χ3n) is 5.74. The minimum Gasteiger partial charge on any atom is -0.362 e. The zero-order valence-corrected chi connectivity index (χ0v) is 17.6. The van der Waals surface area contributed by atoms with Crippen LogP contribution in [-0.2, 0) is 19.3 Å². The lowest BCUT2D eigenvalue weighted by Gasteiger charge is -2.19. The number of rotatable bonds is 6. The lowest BCUT2D eigenvalue weighted by atomic mass is 10.0. The Morgan fingerprint density at radius 1 is 1.21 bits per heavy atom. The van der Waals surface area contributed by atoms with Gasteiger partial charge < -0.3 is 15.1 Å². The number of carbonyl (C=O) groups is 1. The Labute approximate surface area is 172 Å². The van der Waals surface area contributed by atoms with E-state index in [1.54, 1.807) is 0 Å². The van der Waals surface area contributed by atoms with Crippen LogP contribution in [0.3, 0.4) is 0 Å². The zero-order chi connectivity index (χ0) is 20.4. The summed E-state index contributed by atoms with van der Waals surface area (Å²) in [6, 6.07) is 2.05. The van der Waals surface area contributed by atoms with Crippen LogP contribution in [0, 0.1) is 5.92 Å². The first-order valence-electron chi connectivity index (χ1n) is 10.6. The molecule has 1 saturated carbocycles. The van der Waals surface area contributed by atoms with Crippen LogP contribution in [0.15, 0.2) is 18.5 Å². The molecule has 0 spiro atoms. The average molecular weight is 395 g/mol. The number of aryl methyl sites for hydroxylation is 1. The number of anilines is 2. The molecule has 0 bridgehead atoms. The number of hydrogen-bond donors (Lipinski definition) is 1. The van der Waals surface area contributed by atoms with E-state index in [2.05, 4.69) is 27.1 Å². The van der Waals surface area contributed by atoms with Gasteiger partial charge in [-0.3, -0.25) is 4.79 Å². The fraction of sp³-hybridized carbons (Fsp3) is 0.545. The summed E-state index contributed by atoms with van der Waals surface area (Å²) in [7, 11) is 3.89. The fourth-order valence-corrected chi connectivity index (χ4v) is 3.68. The summed E-state index contributed by atoms with van der Waals surface area (Å²) in [6.45, 7) is 4.52. The third-order valence-corrected chi connectivity index (χ3v) is 5.74. The molecule has 4 rings (SSSR count). The maximum atomic E-state index is 12.8. The van der Waals surface area contributed by atoms with Crippen LogP contribution in [-0.4, -0.2) is 54.6 Å². The molecule has 0 unspecified atom stereocenters. The van der Waals surface area contributed by atoms with Gasteiger partial charge in [0.2, 0.25) is 5.95 Å². The molecule has 0 saturated heterocycles. The van der Waals surface area contributed by atoms with Gasteiger partial charge in [0.05, 0.1) is 5.56 Å². The van der Waals surface area contributed by atoms with E-state index in [0.717, 1.165) is 67.5 Å². The number of nitrogens with one attached hydrogen (secondary N) is 1. The standard InChI is InChI=1S/C22H30N6O/c1-4-15-12-24-22(25-13-15)28-9-7-17-11-18(21(29)23-14-16-5-6-16)20(27(2)3)26-19(17)8-10-28/h11-13,16H,4-10,14H2,1-3H3,(H,23,29). The molecule has 1 aliphatic heterocycles. The van der Waals surface area contributed by atoms with Crippen molar-refractivity contribution in [2.45, 2.75) is 39.0 Å². The highest BCUT2D eigenvalue weighted by Gasteiger charge is 2.25. The molecule has 1 N–H and O–H groups in total. The summed E-state index contributed by atoms with van der Waals surface area (Å²) in [5.41, 5.74) is 4.04. The molecule has 1 fully saturated rings. The monoisotopic (exact) mass is 394 g/mol. The van der Waals surface area contributed by atoms with Crippen molar-refractivity contribution in [2.24, 2.45) is 5.92 Å². The van der Waals surface area contributed by atoms with Crippen LogP contribution >= 0.6 is 0 Å². The smallest absolute Gasteiger partial charge is 0.255 e. The highest BCUT2D eigenvalue weighted by atomic mass is 16.1. The van der Waals surface area contributed by atoms with E-state index in [0.29, 0.717) is 11.5 Å². The van der Waals surface area contributed by atoms with Crippen molar-refractivity contribution in [1.29, 1.82) is 0 Å². The van der Waals surface area contributed by atoms with Gasteiger partial charge >= 0.3 is 0 Å². The Kier molecular flexibility index (Phi) is 5.65. The summed E-state index contributed by atoms with van der Waals surface area (Å²) in [5, 5.41) is 3.09. The van der Waals surface area contributed by atoms with Crippen LogP contribution in [0.25, 0.3) is 0 Å². The maximum Gasteiger partial charge on any atom is 0.255 e. The topological polar surface area (TPSA) is 74.2 Å². The molecule has 1 aliphatic carbocycles. The van der Waals surface area contributed by atoms with E-state index in [1.807, 2.05) is 37.5 Å². The van der Waals surface area contributed by atoms with Gasteiger partial charge in [-0.2, -0.15) is 0 Å². The number of nitrogens with zero attached hydrogens (tertiary/aromatic N) is 5. The largest absolute Gasteiger partial charge is 0.362 e. The summed E-state index contributed by atoms with van der Waals surface area (Å²) in [5.74, 6) is 2.15. The molecule has 3 heterocycles. The van der Waals surface area contributed by atoms with E-state index in [1.165, 1.54) is 12.8 Å². The molecular formula is C22H30N6O. The normalized spacial score (nSPS) is 16.2. The quantitative estimate of drug-likeness (QED) is 0.810. The van der Waals surface area contributed by atoms with E-state index in [9.17, 15) is 4.79 Å². The maximum absolute atomic E-state index is 12.8. The number of fused-ring (bicyclic) bond motifs is 1. The second-order valence-electron chi connectivity index (χ2n) is 8.25. The molecule has 0 aromatic carbocycles. The predicted octanol–water partition coefficient (Wildman–Crippen LogP) is 2.25.